The Morgan fingerprint density at radius 2 is 1.87 bits per heavy atom. The Hall–Kier alpha value is -2.40. The number of hydrogen-bond acceptors (Lipinski definition) is 4. The quantitative estimate of drug-likeness (QED) is 0.720. The summed E-state index contributed by atoms with van der Waals surface area (Å²) in [5.74, 6) is 1.35. The number of nitrogens with one attached hydrogen (secondary N) is 1. The lowest BCUT2D eigenvalue weighted by atomic mass is 10.1. The summed E-state index contributed by atoms with van der Waals surface area (Å²) in [5, 5.41) is 0. The van der Waals surface area contributed by atoms with Gasteiger partial charge in [0.25, 0.3) is 0 Å². The van der Waals surface area contributed by atoms with E-state index in [0.717, 1.165) is 24.3 Å². The summed E-state index contributed by atoms with van der Waals surface area (Å²) in [6.45, 7) is 0. The molecule has 3 aromatic rings. The molecule has 4 nitrogen and oxygen atoms in total. The number of aryl methyl sites for hydroxylation is 2. The van der Waals surface area contributed by atoms with Crippen LogP contribution in [0.4, 0.5) is 5.95 Å². The van der Waals surface area contributed by atoms with Gasteiger partial charge in [0, 0.05) is 16.0 Å². The van der Waals surface area contributed by atoms with Crippen LogP contribution >= 0.6 is 11.8 Å². The van der Waals surface area contributed by atoms with Crippen molar-refractivity contribution in [2.45, 2.75) is 22.6 Å². The van der Waals surface area contributed by atoms with E-state index in [1.54, 1.807) is 18.9 Å². The van der Waals surface area contributed by atoms with Crippen LogP contribution in [0, 0.1) is 0 Å². The minimum Gasteiger partial charge on any atom is -0.497 e. The van der Waals surface area contributed by atoms with Crippen molar-refractivity contribution in [3.05, 3.63) is 66.0 Å². The normalized spacial score (nSPS) is 10.7. The van der Waals surface area contributed by atoms with Gasteiger partial charge in [0.15, 0.2) is 5.95 Å². The zero-order valence-corrected chi connectivity index (χ0v) is 13.8. The van der Waals surface area contributed by atoms with Crippen molar-refractivity contribution in [2.75, 3.05) is 12.8 Å². The lowest BCUT2D eigenvalue weighted by molar-refractivity contribution is 0.414. The number of benzene rings is 2. The van der Waals surface area contributed by atoms with Gasteiger partial charge in [0.2, 0.25) is 0 Å². The number of H-pyrrole nitrogens is 1. The summed E-state index contributed by atoms with van der Waals surface area (Å²) in [6, 6.07) is 16.6. The molecule has 1 heterocycles. The van der Waals surface area contributed by atoms with Crippen LogP contribution in [0.3, 0.4) is 0 Å². The van der Waals surface area contributed by atoms with Crippen LogP contribution in [0.2, 0.25) is 0 Å². The maximum absolute atomic E-state index is 5.62. The van der Waals surface area contributed by atoms with Crippen molar-refractivity contribution < 1.29 is 4.74 Å². The predicted octanol–water partition coefficient (Wildman–Crippen LogP) is 3.94. The average Bonchev–Trinajstić information content (AvgIpc) is 3.00. The number of imidazole rings is 1. The SMILES string of the molecule is COc1ccc(Sc2ccccc2CCc2c[nH]c(N)n2)cc1. The Balaban J connectivity index is 1.71. The molecule has 23 heavy (non-hydrogen) atoms. The lowest BCUT2D eigenvalue weighted by Gasteiger charge is -2.09. The molecule has 0 saturated heterocycles. The van der Waals surface area contributed by atoms with Gasteiger partial charge < -0.3 is 15.5 Å². The first kappa shape index (κ1) is 15.5. The monoisotopic (exact) mass is 325 g/mol. The van der Waals surface area contributed by atoms with Crippen molar-refractivity contribution in [3.8, 4) is 5.75 Å². The lowest BCUT2D eigenvalue weighted by Crippen LogP contribution is -1.94. The van der Waals surface area contributed by atoms with Crippen LogP contribution in [-0.4, -0.2) is 17.1 Å². The number of rotatable bonds is 6. The number of nitrogens with zero attached hydrogens (tertiary/aromatic N) is 1. The fraction of sp³-hybridized carbons (Fsp3) is 0.167. The van der Waals surface area contributed by atoms with Gasteiger partial charge in [-0.2, -0.15) is 0 Å². The molecule has 2 aromatic carbocycles. The molecule has 0 amide bonds. The second-order valence-electron chi connectivity index (χ2n) is 5.16. The number of nitrogen functional groups attached to an aromatic ring is 1. The molecule has 0 aliphatic carbocycles. The predicted molar refractivity (Wildman–Crippen MR) is 94.0 cm³/mol. The highest BCUT2D eigenvalue weighted by Crippen LogP contribution is 2.32. The molecule has 0 unspecified atom stereocenters. The van der Waals surface area contributed by atoms with Gasteiger partial charge >= 0.3 is 0 Å². The van der Waals surface area contributed by atoms with Crippen molar-refractivity contribution in [3.63, 3.8) is 0 Å². The van der Waals surface area contributed by atoms with Gasteiger partial charge in [-0.3, -0.25) is 0 Å². The van der Waals surface area contributed by atoms with E-state index in [2.05, 4.69) is 46.4 Å². The molecule has 5 heteroatoms. The van der Waals surface area contributed by atoms with Crippen LogP contribution in [0.25, 0.3) is 0 Å². The molecule has 0 spiro atoms. The highest BCUT2D eigenvalue weighted by molar-refractivity contribution is 7.99. The summed E-state index contributed by atoms with van der Waals surface area (Å²) < 4.78 is 5.20. The smallest absolute Gasteiger partial charge is 0.197 e. The number of aromatic nitrogens is 2. The topological polar surface area (TPSA) is 63.9 Å². The molecule has 3 rings (SSSR count). The maximum atomic E-state index is 5.62. The van der Waals surface area contributed by atoms with Crippen LogP contribution in [0.15, 0.2) is 64.5 Å². The van der Waals surface area contributed by atoms with E-state index in [1.807, 2.05) is 18.3 Å². The van der Waals surface area contributed by atoms with Crippen LogP contribution < -0.4 is 10.5 Å². The summed E-state index contributed by atoms with van der Waals surface area (Å²) in [6.07, 6.45) is 3.67. The number of hydrogen-bond donors (Lipinski definition) is 2. The molecule has 0 saturated carbocycles. The number of aromatic amines is 1. The fourth-order valence-electron chi connectivity index (χ4n) is 2.35. The average molecular weight is 325 g/mol. The number of methoxy groups -OCH3 is 1. The van der Waals surface area contributed by atoms with Gasteiger partial charge in [0.1, 0.15) is 5.75 Å². The Morgan fingerprint density at radius 3 is 2.57 bits per heavy atom. The van der Waals surface area contributed by atoms with E-state index in [9.17, 15) is 0 Å². The van der Waals surface area contributed by atoms with Crippen molar-refractivity contribution in [1.82, 2.24) is 9.97 Å². The Morgan fingerprint density at radius 1 is 1.09 bits per heavy atom. The number of anilines is 1. The molecule has 0 aliphatic heterocycles. The van der Waals surface area contributed by atoms with Gasteiger partial charge in [-0.25, -0.2) is 4.98 Å². The van der Waals surface area contributed by atoms with E-state index in [0.29, 0.717) is 5.95 Å². The third-order valence-corrected chi connectivity index (χ3v) is 4.69. The minimum absolute atomic E-state index is 0.473. The molecule has 0 atom stereocenters. The first-order valence-electron chi connectivity index (χ1n) is 7.44. The number of nitrogens with two attached hydrogens (primary N) is 1. The molecule has 1 aromatic heterocycles. The maximum Gasteiger partial charge on any atom is 0.197 e. The van der Waals surface area contributed by atoms with E-state index in [4.69, 9.17) is 10.5 Å². The van der Waals surface area contributed by atoms with Crippen molar-refractivity contribution >= 4 is 17.7 Å². The van der Waals surface area contributed by atoms with Crippen LogP contribution in [0.1, 0.15) is 11.3 Å². The van der Waals surface area contributed by atoms with Crippen molar-refractivity contribution in [2.24, 2.45) is 0 Å². The summed E-state index contributed by atoms with van der Waals surface area (Å²) in [7, 11) is 1.68. The summed E-state index contributed by atoms with van der Waals surface area (Å²) in [5.41, 5.74) is 7.93. The van der Waals surface area contributed by atoms with E-state index in [-0.39, 0.29) is 0 Å². The molecule has 0 fully saturated rings. The molecule has 0 radical (unpaired) electrons. The molecular formula is C18H19N3OS. The molecule has 3 N–H and O–H groups in total. The molecule has 0 aliphatic rings. The fourth-order valence-corrected chi connectivity index (χ4v) is 3.32. The summed E-state index contributed by atoms with van der Waals surface area (Å²) in [4.78, 5) is 9.64. The first-order valence-corrected chi connectivity index (χ1v) is 8.26. The van der Waals surface area contributed by atoms with Gasteiger partial charge in [0.05, 0.1) is 12.8 Å². The zero-order valence-electron chi connectivity index (χ0n) is 13.0. The van der Waals surface area contributed by atoms with E-state index in [1.165, 1.54) is 15.4 Å². The van der Waals surface area contributed by atoms with Gasteiger partial charge in [-0.1, -0.05) is 30.0 Å². The highest BCUT2D eigenvalue weighted by Gasteiger charge is 2.06. The van der Waals surface area contributed by atoms with E-state index >= 15 is 0 Å². The number of ether oxygens (including phenoxy) is 1. The second kappa shape index (κ2) is 7.24. The third kappa shape index (κ3) is 4.07. The minimum atomic E-state index is 0.473. The van der Waals surface area contributed by atoms with Gasteiger partial charge in [-0.05, 0) is 48.7 Å². The first-order chi connectivity index (χ1) is 11.2. The molecule has 0 bridgehead atoms. The van der Waals surface area contributed by atoms with Gasteiger partial charge in [-0.15, -0.1) is 0 Å². The largest absolute Gasteiger partial charge is 0.497 e. The zero-order chi connectivity index (χ0) is 16.1. The molecular weight excluding hydrogens is 306 g/mol. The molecule has 118 valence electrons. The van der Waals surface area contributed by atoms with Crippen LogP contribution in [0.5, 0.6) is 5.75 Å². The Kier molecular flexibility index (Phi) is 4.88. The van der Waals surface area contributed by atoms with E-state index < -0.39 is 0 Å². The Labute approximate surface area is 140 Å². The third-order valence-electron chi connectivity index (χ3n) is 3.56. The Bertz CT molecular complexity index is 768. The van der Waals surface area contributed by atoms with Crippen molar-refractivity contribution in [1.29, 1.82) is 0 Å². The summed E-state index contributed by atoms with van der Waals surface area (Å²) >= 11 is 1.77. The highest BCUT2D eigenvalue weighted by atomic mass is 32.2. The second-order valence-corrected chi connectivity index (χ2v) is 6.28. The standard InChI is InChI=1S/C18H19N3OS/c1-22-15-8-10-16(11-9-15)23-17-5-3-2-4-13(17)6-7-14-12-20-18(19)21-14/h2-5,8-12H,6-7H2,1H3,(H3,19,20,21). The van der Waals surface area contributed by atoms with Crippen LogP contribution in [-0.2, 0) is 12.8 Å².